The molecule has 2 aliphatic rings. The molecule has 60 heteroatoms. The lowest BCUT2D eigenvalue weighted by atomic mass is 9.87. The zero-order chi connectivity index (χ0) is 84.9. The number of aromatic nitrogens is 8. The Hall–Kier alpha value is -5.78. The number of hydrogen-bond donors (Lipinski definition) is 20. The van der Waals surface area contributed by atoms with Crippen molar-refractivity contribution >= 4 is 150 Å². The largest absolute Gasteiger partial charge is 0.481 e. The van der Waals surface area contributed by atoms with Gasteiger partial charge in [0.25, 0.3) is 0 Å². The maximum Gasteiger partial charge on any atom is 0.481 e. The van der Waals surface area contributed by atoms with Crippen LogP contribution >= 0.6 is 70.5 Å². The predicted molar refractivity (Wildman–Crippen MR) is 379 cm³/mol. The smallest absolute Gasteiger partial charge is 0.481 e. The van der Waals surface area contributed by atoms with Gasteiger partial charge in [-0.1, -0.05) is 51.2 Å². The van der Waals surface area contributed by atoms with Gasteiger partial charge in [0.05, 0.1) is 58.0 Å². The number of hydrogen-bond acceptors (Lipinski definition) is 39. The maximum absolute atomic E-state index is 12.6. The second-order valence-corrected chi connectivity index (χ2v) is 35.9. The van der Waals surface area contributed by atoms with E-state index in [1.54, 1.807) is 0 Å². The van der Waals surface area contributed by atoms with Gasteiger partial charge in [-0.2, -0.15) is 8.62 Å². The number of nitrogens with zero attached hydrogens (tertiary/aromatic N) is 8. The summed E-state index contributed by atoms with van der Waals surface area (Å²) in [6.45, 7) is 4.92. The Balaban J connectivity index is 0.000000435. The minimum Gasteiger partial charge on any atom is -0.481 e. The van der Waals surface area contributed by atoms with Crippen molar-refractivity contribution in [1.82, 2.24) is 60.3 Å². The van der Waals surface area contributed by atoms with Crippen molar-refractivity contribution in [3.63, 3.8) is 0 Å². The number of ether oxygens (including phenoxy) is 2. The number of nitrogens with one attached hydrogen (secondary N) is 4. The monoisotopic (exact) mass is 1760 g/mol. The first-order valence-corrected chi connectivity index (χ1v) is 43.0. The normalized spacial score (nSPS) is 21.7. The van der Waals surface area contributed by atoms with Crippen molar-refractivity contribution in [3.05, 3.63) is 25.3 Å². The van der Waals surface area contributed by atoms with Gasteiger partial charge in [-0.05, 0) is 13.8 Å². The summed E-state index contributed by atoms with van der Waals surface area (Å²) >= 11 is 1.90. The van der Waals surface area contributed by atoms with Crippen LogP contribution in [0.3, 0.4) is 0 Å². The zero-order valence-corrected chi connectivity index (χ0v) is 66.9. The Morgan fingerprint density at radius 3 is 1.26 bits per heavy atom. The average molecular weight is 1770 g/mol. The van der Waals surface area contributed by atoms with E-state index in [1.807, 2.05) is 0 Å². The van der Waals surface area contributed by atoms with Crippen LogP contribution in [0, 0.1) is 10.8 Å². The lowest BCUT2D eigenvalue weighted by molar-refractivity contribution is -0.139. The molecule has 634 valence electrons. The third kappa shape index (κ3) is 33.4. The highest BCUT2D eigenvalue weighted by Crippen LogP contribution is 2.63. The Labute approximate surface area is 641 Å². The van der Waals surface area contributed by atoms with Crippen LogP contribution in [-0.2, 0) is 111 Å². The number of aliphatic carboxylic acids is 1. The number of phosphoric ester groups is 6. The molecular formula is C52H86N14O38P6S2. The zero-order valence-electron chi connectivity index (χ0n) is 59.9. The van der Waals surface area contributed by atoms with Gasteiger partial charge >= 0.3 is 52.9 Å². The van der Waals surface area contributed by atoms with Crippen molar-refractivity contribution in [1.29, 1.82) is 0 Å². The van der Waals surface area contributed by atoms with Gasteiger partial charge in [0, 0.05) is 68.3 Å². The number of aliphatic hydroxyl groups is 5. The molecule has 2 aliphatic heterocycles. The fraction of sp³-hybridized carbons (Fsp3) is 0.654. The second-order valence-electron chi connectivity index (χ2n) is 25.0. The van der Waals surface area contributed by atoms with Crippen LogP contribution < -0.4 is 32.7 Å². The van der Waals surface area contributed by atoms with E-state index in [1.165, 1.54) is 48.5 Å². The summed E-state index contributed by atoms with van der Waals surface area (Å²) < 4.78 is 124. The Morgan fingerprint density at radius 1 is 0.562 bits per heavy atom. The molecule has 0 saturated carbocycles. The quantitative estimate of drug-likeness (QED) is 0.0121. The minimum absolute atomic E-state index is 0.0240. The SMILES string of the molecule is CC(=O)CC(=O)SCCNC(=O)CCNC(=O)C(O)C(C)(C)COP(=O)(O)OP(=O)(O)OC[C@H]1O[C@@H](n2cnc3c(N)ncnc32)[C@H](O)[C@@H]1OP(=O)(O)O.CC(=O)SCCNC(=O)CCNC(=O)C(O)C(C)(C)COP(=O)(O)OP(=O)(O)OC[C@H]1O[C@@H](n2cnc3c(N)ncnc32)[C@H](O)[C@@H]1OP(=O)(O)O.CC(O)CC(=O)O. The van der Waals surface area contributed by atoms with Gasteiger partial charge in [0.15, 0.2) is 45.6 Å². The number of amides is 4. The van der Waals surface area contributed by atoms with E-state index in [4.69, 9.17) is 49.2 Å². The van der Waals surface area contributed by atoms with E-state index in [0.29, 0.717) is 5.75 Å². The van der Waals surface area contributed by atoms with Crippen LogP contribution in [-0.4, -0.2) is 273 Å². The number of anilines is 2. The van der Waals surface area contributed by atoms with Crippen LogP contribution in [0.15, 0.2) is 25.3 Å². The third-order valence-electron chi connectivity index (χ3n) is 14.4. The van der Waals surface area contributed by atoms with Crippen molar-refractivity contribution in [3.8, 4) is 0 Å². The summed E-state index contributed by atoms with van der Waals surface area (Å²) in [4.78, 5) is 193. The van der Waals surface area contributed by atoms with Gasteiger partial charge < -0.3 is 112 Å². The van der Waals surface area contributed by atoms with E-state index in [9.17, 15) is 125 Å². The number of phosphoric acid groups is 6. The molecular weight excluding hydrogens is 1680 g/mol. The molecule has 7 unspecified atom stereocenters. The van der Waals surface area contributed by atoms with Crippen LogP contribution in [0.5, 0.6) is 0 Å². The Kier molecular flexibility index (Phi) is 37.8. The highest BCUT2D eigenvalue weighted by atomic mass is 32.2. The molecule has 52 nitrogen and oxygen atoms in total. The summed E-state index contributed by atoms with van der Waals surface area (Å²) in [7, 11) is -32.8. The van der Waals surface area contributed by atoms with Gasteiger partial charge in [-0.15, -0.1) is 0 Å². The molecule has 4 aromatic heterocycles. The first-order chi connectivity index (χ1) is 51.6. The Bertz CT molecular complexity index is 4230. The molecule has 15 atom stereocenters. The third-order valence-corrected chi connectivity index (χ3v) is 22.3. The number of nitrogens with two attached hydrogens (primary N) is 2. The molecule has 112 heavy (non-hydrogen) atoms. The number of thioether (sulfide) groups is 2. The molecule has 0 bridgehead atoms. The molecule has 0 radical (unpaired) electrons. The van der Waals surface area contributed by atoms with Crippen LogP contribution in [0.1, 0.15) is 86.6 Å². The summed E-state index contributed by atoms with van der Waals surface area (Å²) in [5, 5.41) is 68.1. The van der Waals surface area contributed by atoms with E-state index in [-0.39, 0.29) is 108 Å². The van der Waals surface area contributed by atoms with Gasteiger partial charge in [0.2, 0.25) is 23.6 Å². The fourth-order valence-corrected chi connectivity index (χ4v) is 16.0. The van der Waals surface area contributed by atoms with Gasteiger partial charge in [-0.25, -0.2) is 57.3 Å². The molecule has 22 N–H and O–H groups in total. The number of ketones is 1. The first kappa shape index (κ1) is 98.6. The molecule has 6 heterocycles. The molecule has 0 aromatic carbocycles. The van der Waals surface area contributed by atoms with E-state index >= 15 is 0 Å². The van der Waals surface area contributed by atoms with Gasteiger partial charge in [-0.3, -0.25) is 74.6 Å². The number of aliphatic hydroxyl groups excluding tert-OH is 5. The molecule has 0 spiro atoms. The number of fused-ring (bicyclic) bond motifs is 2. The molecule has 4 amide bonds. The standard InChI is InChI=1S/C25H40N7O18P3S.C23H38N7O17P3S.C4H8O3/c1-13(33)8-16(35)54-7-6-27-15(34)4-5-28-23(38)20(37)25(2,3)10-47-53(44,45)50-52(42,43)46-9-14-19(49-51(39,40)41)18(36)24(48-14)32-12-31-17-21(26)29-11-30-22(17)32;1-12(31)51-7-6-25-14(32)4-5-26-21(35)18(34)23(2,3)9-44-50(41,42)47-49(39,40)43-8-13-17(46-48(36,37)38)16(33)22(45-13)30-11-29-15-19(24)27-10-28-20(15)30;1-3(5)2-4(6)7/h11-12,14,18-20,24,36-37H,4-10H2,1-3H3,(H,27,34)(H,28,38)(H,42,43)(H,44,45)(H2,26,29,30)(H2,39,40,41);10-11,13,16-18,22,33-34H,4-9H2,1-3H3,(H,25,32)(H,26,35)(H,39,40)(H,41,42)(H2,24,27,28)(H2,36,37,38);3,5H,2H2,1H3,(H,6,7)/t14-,18-,19-,20?,24-;13-,16-,17-,18?,22-;/m11./s1. The number of carbonyl (C=O) groups excluding carboxylic acids is 7. The predicted octanol–water partition coefficient (Wildman–Crippen LogP) is -2.83. The van der Waals surface area contributed by atoms with Crippen LogP contribution in [0.2, 0.25) is 0 Å². The van der Waals surface area contributed by atoms with Crippen LogP contribution in [0.25, 0.3) is 22.3 Å². The molecule has 0 aliphatic carbocycles. The minimum atomic E-state index is -5.58. The van der Waals surface area contributed by atoms with E-state index in [2.05, 4.69) is 68.8 Å². The molecule has 4 aromatic rings. The highest BCUT2D eigenvalue weighted by molar-refractivity contribution is 8.13. The number of nitrogen functional groups attached to an aromatic ring is 2. The maximum atomic E-state index is 12.6. The number of Topliss-reactive ketones (excluding diaryl/α,β-unsaturated/α-hetero) is 1. The van der Waals surface area contributed by atoms with Crippen molar-refractivity contribution in [2.45, 2.75) is 142 Å². The topological polar surface area (TPSA) is 802 Å². The number of imidazole rings is 2. The second kappa shape index (κ2) is 42.9. The lowest BCUT2D eigenvalue weighted by Crippen LogP contribution is -2.46. The number of carboxylic acid groups (broad SMARTS) is 1. The molecule has 2 fully saturated rings. The molecule has 6 rings (SSSR count). The fourth-order valence-electron chi connectivity index (χ4n) is 9.13. The lowest BCUT2D eigenvalue weighted by Gasteiger charge is -2.30. The summed E-state index contributed by atoms with van der Waals surface area (Å²) in [5.74, 6) is -3.65. The van der Waals surface area contributed by atoms with Gasteiger partial charge in [0.1, 0.15) is 78.3 Å². The van der Waals surface area contributed by atoms with Crippen LogP contribution in [0.4, 0.5) is 11.6 Å². The van der Waals surface area contributed by atoms with Crippen molar-refractivity contribution in [2.75, 3.05) is 75.6 Å². The van der Waals surface area contributed by atoms with Crippen molar-refractivity contribution < 1.29 is 181 Å². The number of rotatable bonds is 42. The number of carboxylic acids is 1. The first-order valence-electron chi connectivity index (χ1n) is 32.0. The van der Waals surface area contributed by atoms with E-state index < -0.39 is 181 Å². The number of carbonyl (C=O) groups is 8. The summed E-state index contributed by atoms with van der Waals surface area (Å²) in [6.07, 6.45) is -15.0. The molecule has 2 saturated heterocycles. The summed E-state index contributed by atoms with van der Waals surface area (Å²) in [6, 6.07) is 0. The Morgan fingerprint density at radius 2 is 0.929 bits per heavy atom. The van der Waals surface area contributed by atoms with E-state index in [0.717, 1.165) is 58.0 Å². The average Bonchev–Trinajstić information content (AvgIpc) is 1.62. The summed E-state index contributed by atoms with van der Waals surface area (Å²) in [5.41, 5.74) is 8.48. The van der Waals surface area contributed by atoms with Crippen molar-refractivity contribution in [2.24, 2.45) is 10.8 Å². The highest BCUT2D eigenvalue weighted by Gasteiger charge is 2.53.